The van der Waals surface area contributed by atoms with Crippen molar-refractivity contribution in [2.45, 2.75) is 45.6 Å². The zero-order valence-corrected chi connectivity index (χ0v) is 15.9. The number of nitrogens with one attached hydrogen (secondary N) is 2. The van der Waals surface area contributed by atoms with E-state index in [0.717, 1.165) is 12.8 Å². The molecule has 2 aromatic rings. The molecule has 8 nitrogen and oxygen atoms in total. The average Bonchev–Trinajstić information content (AvgIpc) is 3.07. The van der Waals surface area contributed by atoms with Crippen molar-refractivity contribution in [2.24, 2.45) is 0 Å². The lowest BCUT2D eigenvalue weighted by Crippen LogP contribution is -2.40. The summed E-state index contributed by atoms with van der Waals surface area (Å²) in [5.74, 6) is 1.09. The Morgan fingerprint density at radius 1 is 1.30 bits per heavy atom. The lowest BCUT2D eigenvalue weighted by atomic mass is 9.97. The minimum absolute atomic E-state index is 0.00794. The lowest BCUT2D eigenvalue weighted by Gasteiger charge is -2.31. The number of amides is 3. The first-order valence-corrected chi connectivity index (χ1v) is 9.20. The molecular weight excluding hydrogens is 346 g/mol. The van der Waals surface area contributed by atoms with Crippen molar-refractivity contribution in [1.29, 1.82) is 0 Å². The van der Waals surface area contributed by atoms with Gasteiger partial charge in [0, 0.05) is 19.1 Å². The largest absolute Gasteiger partial charge is 0.339 e. The van der Waals surface area contributed by atoms with Crippen LogP contribution in [0.2, 0.25) is 0 Å². The number of hydrogen-bond acceptors (Lipinski definition) is 5. The van der Waals surface area contributed by atoms with Gasteiger partial charge in [0.15, 0.2) is 5.82 Å². The third kappa shape index (κ3) is 4.64. The van der Waals surface area contributed by atoms with E-state index >= 15 is 0 Å². The number of likely N-dealkylation sites (tertiary alicyclic amines) is 1. The van der Waals surface area contributed by atoms with Gasteiger partial charge in [-0.15, -0.1) is 0 Å². The van der Waals surface area contributed by atoms with Gasteiger partial charge in [-0.3, -0.25) is 4.79 Å². The van der Waals surface area contributed by atoms with E-state index in [9.17, 15) is 9.59 Å². The molecule has 0 radical (unpaired) electrons. The maximum Gasteiger partial charge on any atom is 0.319 e. The Bertz CT molecular complexity index is 817. The van der Waals surface area contributed by atoms with Crippen LogP contribution >= 0.6 is 0 Å². The predicted molar refractivity (Wildman–Crippen MR) is 101 cm³/mol. The molecule has 0 aliphatic carbocycles. The summed E-state index contributed by atoms with van der Waals surface area (Å²) in [5.41, 5.74) is 0.968. The van der Waals surface area contributed by atoms with E-state index in [1.165, 1.54) is 0 Å². The SMILES string of the molecule is Cc1noc(C2CCCN(C(=O)c3ccccc3NC(=O)NC(C)C)C2)n1. The molecule has 1 aliphatic heterocycles. The van der Waals surface area contributed by atoms with Gasteiger partial charge < -0.3 is 20.1 Å². The first-order valence-electron chi connectivity index (χ1n) is 9.20. The average molecular weight is 371 g/mol. The summed E-state index contributed by atoms with van der Waals surface area (Å²) in [4.78, 5) is 31.2. The van der Waals surface area contributed by atoms with Gasteiger partial charge in [-0.1, -0.05) is 17.3 Å². The highest BCUT2D eigenvalue weighted by molar-refractivity contribution is 6.03. The molecule has 1 aromatic heterocycles. The van der Waals surface area contributed by atoms with Crippen molar-refractivity contribution in [3.63, 3.8) is 0 Å². The molecule has 27 heavy (non-hydrogen) atoms. The summed E-state index contributed by atoms with van der Waals surface area (Å²) in [6.45, 7) is 6.72. The Labute approximate surface area is 158 Å². The van der Waals surface area contributed by atoms with Gasteiger partial charge in [0.05, 0.1) is 17.2 Å². The van der Waals surface area contributed by atoms with Crippen molar-refractivity contribution >= 4 is 17.6 Å². The summed E-state index contributed by atoms with van der Waals surface area (Å²) < 4.78 is 5.29. The molecule has 3 amide bonds. The Hall–Kier alpha value is -2.90. The number of urea groups is 1. The number of aryl methyl sites for hydroxylation is 1. The summed E-state index contributed by atoms with van der Waals surface area (Å²) in [6.07, 6.45) is 1.77. The number of rotatable bonds is 4. The molecule has 1 unspecified atom stereocenters. The topological polar surface area (TPSA) is 100 Å². The quantitative estimate of drug-likeness (QED) is 0.861. The van der Waals surface area contributed by atoms with Crippen molar-refractivity contribution in [3.8, 4) is 0 Å². The van der Waals surface area contributed by atoms with Gasteiger partial charge in [-0.2, -0.15) is 4.98 Å². The van der Waals surface area contributed by atoms with Crippen molar-refractivity contribution < 1.29 is 14.1 Å². The zero-order valence-electron chi connectivity index (χ0n) is 15.9. The van der Waals surface area contributed by atoms with Gasteiger partial charge in [-0.05, 0) is 45.7 Å². The van der Waals surface area contributed by atoms with Crippen LogP contribution in [0.1, 0.15) is 54.7 Å². The molecule has 0 spiro atoms. The molecule has 144 valence electrons. The highest BCUT2D eigenvalue weighted by atomic mass is 16.5. The summed E-state index contributed by atoms with van der Waals surface area (Å²) in [7, 11) is 0. The molecule has 2 heterocycles. The van der Waals surface area contributed by atoms with Crippen LogP contribution < -0.4 is 10.6 Å². The number of carbonyl (C=O) groups is 2. The van der Waals surface area contributed by atoms with Gasteiger partial charge in [0.2, 0.25) is 5.89 Å². The van der Waals surface area contributed by atoms with E-state index in [0.29, 0.717) is 36.1 Å². The van der Waals surface area contributed by atoms with E-state index in [-0.39, 0.29) is 23.9 Å². The Balaban J connectivity index is 1.74. The van der Waals surface area contributed by atoms with Crippen LogP contribution in [0.4, 0.5) is 10.5 Å². The molecule has 1 aromatic carbocycles. The second kappa shape index (κ2) is 8.20. The smallest absolute Gasteiger partial charge is 0.319 e. The van der Waals surface area contributed by atoms with E-state index in [1.807, 2.05) is 13.8 Å². The first-order chi connectivity index (χ1) is 12.9. The van der Waals surface area contributed by atoms with E-state index < -0.39 is 0 Å². The molecule has 3 rings (SSSR count). The van der Waals surface area contributed by atoms with Crippen LogP contribution in [0.3, 0.4) is 0 Å². The van der Waals surface area contributed by atoms with Crippen LogP contribution in [-0.4, -0.2) is 46.1 Å². The second-order valence-corrected chi connectivity index (χ2v) is 7.07. The summed E-state index contributed by atoms with van der Waals surface area (Å²) in [5, 5.41) is 9.38. The monoisotopic (exact) mass is 371 g/mol. The maximum absolute atomic E-state index is 13.1. The Kier molecular flexibility index (Phi) is 5.73. The number of benzene rings is 1. The Morgan fingerprint density at radius 2 is 2.07 bits per heavy atom. The second-order valence-electron chi connectivity index (χ2n) is 7.07. The third-order valence-electron chi connectivity index (χ3n) is 4.43. The molecule has 1 atom stereocenters. The third-order valence-corrected chi connectivity index (χ3v) is 4.43. The predicted octanol–water partition coefficient (Wildman–Crippen LogP) is 2.93. The molecule has 2 N–H and O–H groups in total. The van der Waals surface area contributed by atoms with Crippen molar-refractivity contribution in [3.05, 3.63) is 41.5 Å². The Morgan fingerprint density at radius 3 is 2.78 bits per heavy atom. The van der Waals surface area contributed by atoms with Crippen LogP contribution in [0.25, 0.3) is 0 Å². The minimum atomic E-state index is -0.330. The van der Waals surface area contributed by atoms with Gasteiger partial charge in [0.25, 0.3) is 5.91 Å². The number of carbonyl (C=O) groups excluding carboxylic acids is 2. The fourth-order valence-electron chi connectivity index (χ4n) is 3.21. The standard InChI is InChI=1S/C19H25N5O3/c1-12(2)20-19(26)22-16-9-5-4-8-15(16)18(25)24-10-6-7-14(11-24)17-21-13(3)23-27-17/h4-5,8-9,12,14H,6-7,10-11H2,1-3H3,(H2,20,22,26). The van der Waals surface area contributed by atoms with Crippen LogP contribution in [0, 0.1) is 6.92 Å². The highest BCUT2D eigenvalue weighted by Crippen LogP contribution is 2.28. The molecule has 1 fully saturated rings. The lowest BCUT2D eigenvalue weighted by molar-refractivity contribution is 0.0696. The highest BCUT2D eigenvalue weighted by Gasteiger charge is 2.29. The number of hydrogen-bond donors (Lipinski definition) is 2. The van der Waals surface area contributed by atoms with Crippen LogP contribution in [0.5, 0.6) is 0 Å². The molecular formula is C19H25N5O3. The summed E-state index contributed by atoms with van der Waals surface area (Å²) in [6, 6.07) is 6.73. The molecule has 0 bridgehead atoms. The van der Waals surface area contributed by atoms with Crippen molar-refractivity contribution in [2.75, 3.05) is 18.4 Å². The number of piperidine rings is 1. The van der Waals surface area contributed by atoms with E-state index in [2.05, 4.69) is 20.8 Å². The fraction of sp³-hybridized carbons (Fsp3) is 0.474. The molecule has 0 saturated carbocycles. The first kappa shape index (κ1) is 18.9. The van der Waals surface area contributed by atoms with Crippen molar-refractivity contribution in [1.82, 2.24) is 20.4 Å². The minimum Gasteiger partial charge on any atom is -0.339 e. The van der Waals surface area contributed by atoms with Gasteiger partial charge in [-0.25, -0.2) is 4.79 Å². The normalized spacial score (nSPS) is 17.0. The number of para-hydroxylation sites is 1. The fourth-order valence-corrected chi connectivity index (χ4v) is 3.21. The van der Waals surface area contributed by atoms with E-state index in [4.69, 9.17) is 4.52 Å². The van der Waals surface area contributed by atoms with Crippen LogP contribution in [0.15, 0.2) is 28.8 Å². The number of nitrogens with zero attached hydrogens (tertiary/aromatic N) is 3. The summed E-state index contributed by atoms with van der Waals surface area (Å²) >= 11 is 0. The number of aromatic nitrogens is 2. The maximum atomic E-state index is 13.1. The van der Waals surface area contributed by atoms with Gasteiger partial charge in [0.1, 0.15) is 0 Å². The molecule has 1 saturated heterocycles. The zero-order chi connectivity index (χ0) is 19.4. The van der Waals surface area contributed by atoms with Gasteiger partial charge >= 0.3 is 6.03 Å². The molecule has 8 heteroatoms. The van der Waals surface area contributed by atoms with Crippen LogP contribution in [-0.2, 0) is 0 Å². The number of anilines is 1. The van der Waals surface area contributed by atoms with E-state index in [1.54, 1.807) is 36.1 Å². The molecule has 1 aliphatic rings.